The van der Waals surface area contributed by atoms with Gasteiger partial charge in [0, 0.05) is 12.8 Å². The van der Waals surface area contributed by atoms with Gasteiger partial charge in [0.2, 0.25) is 0 Å². The molecular formula is C23H23N5O3. The second-order valence-electron chi connectivity index (χ2n) is 6.90. The average molecular weight is 417 g/mol. The summed E-state index contributed by atoms with van der Waals surface area (Å²) in [5, 5.41) is 16.1. The van der Waals surface area contributed by atoms with Crippen molar-refractivity contribution in [1.82, 2.24) is 19.8 Å². The van der Waals surface area contributed by atoms with Gasteiger partial charge in [-0.25, -0.2) is 4.52 Å². The van der Waals surface area contributed by atoms with Crippen molar-refractivity contribution in [3.05, 3.63) is 71.7 Å². The normalized spacial score (nSPS) is 10.9. The highest BCUT2D eigenvalue weighted by Gasteiger charge is 2.21. The highest BCUT2D eigenvalue weighted by molar-refractivity contribution is 6.03. The Morgan fingerprint density at radius 3 is 2.48 bits per heavy atom. The number of anilines is 1. The van der Waals surface area contributed by atoms with Gasteiger partial charge in [-0.05, 0) is 43.7 Å². The molecular weight excluding hydrogens is 394 g/mol. The van der Waals surface area contributed by atoms with E-state index in [9.17, 15) is 4.79 Å². The number of amides is 1. The van der Waals surface area contributed by atoms with Crippen molar-refractivity contribution >= 4 is 17.2 Å². The summed E-state index contributed by atoms with van der Waals surface area (Å²) in [4.78, 5) is 12.9. The van der Waals surface area contributed by atoms with Gasteiger partial charge >= 0.3 is 0 Å². The number of ether oxygens (including phenoxy) is 2. The molecule has 0 saturated heterocycles. The first kappa shape index (κ1) is 20.5. The minimum atomic E-state index is -0.360. The van der Waals surface area contributed by atoms with Crippen LogP contribution in [0.25, 0.3) is 16.8 Å². The molecule has 0 bridgehead atoms. The monoisotopic (exact) mass is 417 g/mol. The van der Waals surface area contributed by atoms with Crippen molar-refractivity contribution in [2.45, 2.75) is 20.5 Å². The lowest BCUT2D eigenvalue weighted by Crippen LogP contribution is -2.18. The van der Waals surface area contributed by atoms with Crippen molar-refractivity contribution in [1.29, 1.82) is 0 Å². The number of methoxy groups -OCH3 is 1. The summed E-state index contributed by atoms with van der Waals surface area (Å²) in [6, 6.07) is 17.0. The van der Waals surface area contributed by atoms with Gasteiger partial charge in [0.1, 0.15) is 5.75 Å². The van der Waals surface area contributed by atoms with Crippen LogP contribution < -0.4 is 10.1 Å². The zero-order valence-corrected chi connectivity index (χ0v) is 17.6. The first-order chi connectivity index (χ1) is 15.1. The quantitative estimate of drug-likeness (QED) is 0.490. The third-order valence-corrected chi connectivity index (χ3v) is 4.82. The summed E-state index contributed by atoms with van der Waals surface area (Å²) in [6.07, 6.45) is 0. The molecule has 8 heteroatoms. The van der Waals surface area contributed by atoms with Gasteiger partial charge in [-0.2, -0.15) is 5.10 Å². The van der Waals surface area contributed by atoms with Crippen molar-refractivity contribution in [3.63, 3.8) is 0 Å². The maximum Gasteiger partial charge on any atom is 0.278 e. The average Bonchev–Trinajstić information content (AvgIpc) is 3.15. The van der Waals surface area contributed by atoms with Crippen LogP contribution in [0.3, 0.4) is 0 Å². The van der Waals surface area contributed by atoms with E-state index in [2.05, 4.69) is 20.6 Å². The Morgan fingerprint density at radius 2 is 1.81 bits per heavy atom. The predicted molar refractivity (Wildman–Crippen MR) is 117 cm³/mol. The van der Waals surface area contributed by atoms with Crippen LogP contribution >= 0.6 is 0 Å². The molecule has 4 aromatic rings. The van der Waals surface area contributed by atoms with E-state index in [1.165, 1.54) is 0 Å². The largest absolute Gasteiger partial charge is 0.494 e. The maximum absolute atomic E-state index is 12.9. The van der Waals surface area contributed by atoms with Crippen molar-refractivity contribution < 1.29 is 14.3 Å². The van der Waals surface area contributed by atoms with Crippen LogP contribution in [0.15, 0.2) is 54.6 Å². The van der Waals surface area contributed by atoms with Gasteiger partial charge in [0.15, 0.2) is 11.3 Å². The number of nitrogens with one attached hydrogen (secondary N) is 1. The minimum Gasteiger partial charge on any atom is -0.494 e. The molecule has 31 heavy (non-hydrogen) atoms. The summed E-state index contributed by atoms with van der Waals surface area (Å²) < 4.78 is 12.4. The predicted octanol–water partition coefficient (Wildman–Crippen LogP) is 3.90. The molecule has 8 nitrogen and oxygen atoms in total. The van der Waals surface area contributed by atoms with Gasteiger partial charge in [-0.15, -0.1) is 10.2 Å². The zero-order chi connectivity index (χ0) is 21.8. The SMILES string of the molecule is CCOc1ccc(NC(=O)c2nnc3c(-c4ccccc4)c(COC)nn3c2C)cc1. The fourth-order valence-corrected chi connectivity index (χ4v) is 3.39. The number of carbonyl (C=O) groups excluding carboxylic acids is 1. The Labute approximate surface area is 179 Å². The maximum atomic E-state index is 12.9. The summed E-state index contributed by atoms with van der Waals surface area (Å²) >= 11 is 0. The molecule has 1 N–H and O–H groups in total. The number of nitrogens with zero attached hydrogens (tertiary/aromatic N) is 4. The topological polar surface area (TPSA) is 90.6 Å². The Kier molecular flexibility index (Phi) is 5.90. The number of hydrogen-bond donors (Lipinski definition) is 1. The molecule has 4 rings (SSSR count). The molecule has 0 saturated carbocycles. The Hall–Kier alpha value is -3.78. The highest BCUT2D eigenvalue weighted by Crippen LogP contribution is 2.28. The molecule has 0 atom stereocenters. The summed E-state index contributed by atoms with van der Waals surface area (Å²) in [5.74, 6) is 0.384. The lowest BCUT2D eigenvalue weighted by atomic mass is 10.1. The lowest BCUT2D eigenvalue weighted by Gasteiger charge is -2.09. The van der Waals surface area contributed by atoms with Gasteiger partial charge < -0.3 is 14.8 Å². The zero-order valence-electron chi connectivity index (χ0n) is 17.6. The van der Waals surface area contributed by atoms with Gasteiger partial charge in [-0.1, -0.05) is 30.3 Å². The summed E-state index contributed by atoms with van der Waals surface area (Å²) in [5.41, 5.74) is 4.55. The van der Waals surface area contributed by atoms with Gasteiger partial charge in [0.05, 0.1) is 30.2 Å². The lowest BCUT2D eigenvalue weighted by molar-refractivity contribution is 0.102. The third-order valence-electron chi connectivity index (χ3n) is 4.82. The van der Waals surface area contributed by atoms with E-state index in [-0.39, 0.29) is 11.6 Å². The van der Waals surface area contributed by atoms with E-state index in [0.29, 0.717) is 30.2 Å². The molecule has 0 spiro atoms. The smallest absolute Gasteiger partial charge is 0.278 e. The number of rotatable bonds is 7. The molecule has 158 valence electrons. The molecule has 0 aliphatic rings. The van der Waals surface area contributed by atoms with Crippen LogP contribution in [-0.4, -0.2) is 39.4 Å². The molecule has 0 fully saturated rings. The highest BCUT2D eigenvalue weighted by atomic mass is 16.5. The van der Waals surface area contributed by atoms with Gasteiger partial charge in [-0.3, -0.25) is 4.79 Å². The Morgan fingerprint density at radius 1 is 1.06 bits per heavy atom. The van der Waals surface area contributed by atoms with Crippen molar-refractivity contribution in [2.24, 2.45) is 0 Å². The van der Waals surface area contributed by atoms with Crippen LogP contribution in [0.4, 0.5) is 5.69 Å². The molecule has 0 aliphatic carbocycles. The second-order valence-corrected chi connectivity index (χ2v) is 6.90. The Bertz CT molecular complexity index is 1200. The molecule has 2 heterocycles. The van der Waals surface area contributed by atoms with E-state index in [0.717, 1.165) is 22.6 Å². The second kappa shape index (κ2) is 8.93. The molecule has 2 aromatic carbocycles. The summed E-state index contributed by atoms with van der Waals surface area (Å²) in [6.45, 7) is 4.62. The number of aryl methyl sites for hydroxylation is 1. The summed E-state index contributed by atoms with van der Waals surface area (Å²) in [7, 11) is 1.62. The van der Waals surface area contributed by atoms with E-state index < -0.39 is 0 Å². The fraction of sp³-hybridized carbons (Fsp3) is 0.217. The van der Waals surface area contributed by atoms with E-state index in [1.54, 1.807) is 42.8 Å². The first-order valence-electron chi connectivity index (χ1n) is 9.95. The standard InChI is InChI=1S/C23H23N5O3/c1-4-31-18-12-10-17(11-13-18)24-23(29)21-15(2)28-22(26-25-21)20(19(27-28)14-30-3)16-8-6-5-7-9-16/h5-13H,4,14H2,1-3H3,(H,24,29). The molecule has 0 unspecified atom stereocenters. The fourth-order valence-electron chi connectivity index (χ4n) is 3.39. The van der Waals surface area contributed by atoms with Crippen LogP contribution in [0.2, 0.25) is 0 Å². The Balaban J connectivity index is 1.70. The van der Waals surface area contributed by atoms with Crippen molar-refractivity contribution in [3.8, 4) is 16.9 Å². The van der Waals surface area contributed by atoms with Crippen LogP contribution in [-0.2, 0) is 11.3 Å². The number of benzene rings is 2. The van der Waals surface area contributed by atoms with E-state index in [4.69, 9.17) is 9.47 Å². The van der Waals surface area contributed by atoms with E-state index in [1.807, 2.05) is 37.3 Å². The number of fused-ring (bicyclic) bond motifs is 1. The van der Waals surface area contributed by atoms with Crippen LogP contribution in [0, 0.1) is 6.92 Å². The van der Waals surface area contributed by atoms with Gasteiger partial charge in [0.25, 0.3) is 5.91 Å². The third kappa shape index (κ3) is 4.10. The molecule has 2 aromatic heterocycles. The molecule has 1 amide bonds. The van der Waals surface area contributed by atoms with E-state index >= 15 is 0 Å². The van der Waals surface area contributed by atoms with Crippen LogP contribution in [0.5, 0.6) is 5.75 Å². The minimum absolute atomic E-state index is 0.201. The molecule has 0 radical (unpaired) electrons. The number of carbonyl (C=O) groups is 1. The molecule has 0 aliphatic heterocycles. The number of aromatic nitrogens is 4. The van der Waals surface area contributed by atoms with Crippen molar-refractivity contribution in [2.75, 3.05) is 19.0 Å². The number of hydrogen-bond acceptors (Lipinski definition) is 6. The van der Waals surface area contributed by atoms with Crippen LogP contribution in [0.1, 0.15) is 28.8 Å². The first-order valence-corrected chi connectivity index (χ1v) is 9.95.